The molecule has 10 heteroatoms. The van der Waals surface area contributed by atoms with E-state index in [9.17, 15) is 10.1 Å². The highest BCUT2D eigenvalue weighted by Crippen LogP contribution is 2.33. The van der Waals surface area contributed by atoms with Crippen LogP contribution >= 0.6 is 0 Å². The molecule has 162 valence electrons. The van der Waals surface area contributed by atoms with Crippen molar-refractivity contribution in [2.24, 2.45) is 0 Å². The molecule has 0 bridgehead atoms. The molecule has 0 aliphatic rings. The SMILES string of the molecule is CCc1cnc(NCCNc2ccc([N+](=O)[O-])cn2)nc1-c1ccc(OC)c(OC)c1. The van der Waals surface area contributed by atoms with Crippen molar-refractivity contribution in [2.75, 3.05) is 37.9 Å². The zero-order valence-corrected chi connectivity index (χ0v) is 17.6. The van der Waals surface area contributed by atoms with Crippen molar-refractivity contribution < 1.29 is 14.4 Å². The van der Waals surface area contributed by atoms with Gasteiger partial charge in [-0.15, -0.1) is 0 Å². The standard InChI is InChI=1S/C21H24N6O4/c1-4-14-12-25-21(23-10-9-22-19-8-6-16(13-24-19)27(28)29)26-20(14)15-5-7-17(30-2)18(11-15)31-3/h5-8,11-13H,4,9-10H2,1-3H3,(H,22,24)(H,23,25,26). The molecule has 0 atom stereocenters. The van der Waals surface area contributed by atoms with Crippen LogP contribution in [0.25, 0.3) is 11.3 Å². The van der Waals surface area contributed by atoms with Gasteiger partial charge in [-0.05, 0) is 36.2 Å². The van der Waals surface area contributed by atoms with Gasteiger partial charge in [-0.2, -0.15) is 0 Å². The Bertz CT molecular complexity index is 1040. The second-order valence-electron chi connectivity index (χ2n) is 6.50. The number of aryl methyl sites for hydroxylation is 1. The van der Waals surface area contributed by atoms with E-state index in [0.29, 0.717) is 36.4 Å². The first-order valence-electron chi connectivity index (χ1n) is 9.72. The van der Waals surface area contributed by atoms with Gasteiger partial charge < -0.3 is 20.1 Å². The third-order valence-corrected chi connectivity index (χ3v) is 4.58. The first-order chi connectivity index (χ1) is 15.0. The number of hydrogen-bond donors (Lipinski definition) is 2. The molecule has 1 aromatic carbocycles. The van der Waals surface area contributed by atoms with Crippen LogP contribution < -0.4 is 20.1 Å². The molecule has 0 spiro atoms. The Morgan fingerprint density at radius 1 is 1.00 bits per heavy atom. The topological polar surface area (TPSA) is 124 Å². The molecule has 0 unspecified atom stereocenters. The van der Waals surface area contributed by atoms with Crippen LogP contribution in [0.5, 0.6) is 11.5 Å². The highest BCUT2D eigenvalue weighted by atomic mass is 16.6. The number of nitrogens with zero attached hydrogens (tertiary/aromatic N) is 4. The van der Waals surface area contributed by atoms with E-state index >= 15 is 0 Å². The van der Waals surface area contributed by atoms with Crippen molar-refractivity contribution in [3.63, 3.8) is 0 Å². The van der Waals surface area contributed by atoms with Gasteiger partial charge in [-0.3, -0.25) is 10.1 Å². The van der Waals surface area contributed by atoms with Crippen molar-refractivity contribution in [2.45, 2.75) is 13.3 Å². The number of anilines is 2. The second-order valence-corrected chi connectivity index (χ2v) is 6.50. The largest absolute Gasteiger partial charge is 0.493 e. The fraction of sp³-hybridized carbons (Fsp3) is 0.286. The van der Waals surface area contributed by atoms with Gasteiger partial charge in [-0.25, -0.2) is 15.0 Å². The Kier molecular flexibility index (Phi) is 7.15. The van der Waals surface area contributed by atoms with Gasteiger partial charge in [-0.1, -0.05) is 6.92 Å². The minimum Gasteiger partial charge on any atom is -0.493 e. The number of nitrogens with one attached hydrogen (secondary N) is 2. The summed E-state index contributed by atoms with van der Waals surface area (Å²) in [5, 5.41) is 17.0. The summed E-state index contributed by atoms with van der Waals surface area (Å²) in [7, 11) is 3.20. The third kappa shape index (κ3) is 5.35. The first kappa shape index (κ1) is 21.8. The molecule has 0 radical (unpaired) electrons. The number of rotatable bonds is 10. The average molecular weight is 424 g/mol. The first-order valence-corrected chi connectivity index (χ1v) is 9.72. The number of hydrogen-bond acceptors (Lipinski definition) is 9. The molecular formula is C21H24N6O4. The smallest absolute Gasteiger partial charge is 0.287 e. The monoisotopic (exact) mass is 424 g/mol. The van der Waals surface area contributed by atoms with Gasteiger partial charge in [0.05, 0.1) is 24.8 Å². The fourth-order valence-electron chi connectivity index (χ4n) is 2.95. The van der Waals surface area contributed by atoms with Crippen molar-refractivity contribution in [3.05, 3.63) is 58.4 Å². The summed E-state index contributed by atoms with van der Waals surface area (Å²) >= 11 is 0. The molecule has 0 amide bonds. The van der Waals surface area contributed by atoms with Crippen LogP contribution in [0.4, 0.5) is 17.5 Å². The van der Waals surface area contributed by atoms with E-state index in [4.69, 9.17) is 9.47 Å². The van der Waals surface area contributed by atoms with Gasteiger partial charge in [0, 0.05) is 30.9 Å². The Hall–Kier alpha value is -3.95. The van der Waals surface area contributed by atoms with Gasteiger partial charge in [0.2, 0.25) is 5.95 Å². The van der Waals surface area contributed by atoms with Crippen LogP contribution in [-0.4, -0.2) is 47.2 Å². The lowest BCUT2D eigenvalue weighted by atomic mass is 10.0. The van der Waals surface area contributed by atoms with Crippen molar-refractivity contribution >= 4 is 17.5 Å². The lowest BCUT2D eigenvalue weighted by molar-refractivity contribution is -0.385. The second kappa shape index (κ2) is 10.2. The van der Waals surface area contributed by atoms with E-state index in [2.05, 4.69) is 32.5 Å². The summed E-state index contributed by atoms with van der Waals surface area (Å²) in [5.74, 6) is 2.35. The molecule has 3 rings (SSSR count). The van der Waals surface area contributed by atoms with E-state index in [1.54, 1.807) is 20.3 Å². The van der Waals surface area contributed by atoms with Crippen molar-refractivity contribution in [1.29, 1.82) is 0 Å². The van der Waals surface area contributed by atoms with Gasteiger partial charge in [0.15, 0.2) is 11.5 Å². The lowest BCUT2D eigenvalue weighted by Gasteiger charge is -2.13. The highest BCUT2D eigenvalue weighted by Gasteiger charge is 2.12. The maximum absolute atomic E-state index is 10.7. The Balaban J connectivity index is 1.67. The molecule has 31 heavy (non-hydrogen) atoms. The number of pyridine rings is 1. The van der Waals surface area contributed by atoms with E-state index < -0.39 is 4.92 Å². The number of ether oxygens (including phenoxy) is 2. The van der Waals surface area contributed by atoms with Crippen LogP contribution in [0.15, 0.2) is 42.7 Å². The van der Waals surface area contributed by atoms with E-state index in [-0.39, 0.29) is 5.69 Å². The number of aromatic nitrogens is 3. The summed E-state index contributed by atoms with van der Waals surface area (Å²) in [5.41, 5.74) is 2.71. The molecule has 0 fully saturated rings. The minimum absolute atomic E-state index is 0.0456. The Morgan fingerprint density at radius 3 is 2.42 bits per heavy atom. The molecule has 10 nitrogen and oxygen atoms in total. The van der Waals surface area contributed by atoms with Crippen LogP contribution in [0.1, 0.15) is 12.5 Å². The number of methoxy groups -OCH3 is 2. The summed E-state index contributed by atoms with van der Waals surface area (Å²) in [6.45, 7) is 3.13. The maximum atomic E-state index is 10.7. The zero-order valence-electron chi connectivity index (χ0n) is 17.6. The Morgan fingerprint density at radius 2 is 1.77 bits per heavy atom. The molecule has 2 heterocycles. The van der Waals surface area contributed by atoms with Gasteiger partial charge >= 0.3 is 0 Å². The van der Waals surface area contributed by atoms with E-state index in [0.717, 1.165) is 23.2 Å². The zero-order chi connectivity index (χ0) is 22.2. The molecule has 0 aliphatic carbocycles. The summed E-state index contributed by atoms with van der Waals surface area (Å²) in [4.78, 5) is 23.3. The van der Waals surface area contributed by atoms with E-state index in [1.807, 2.05) is 24.4 Å². The summed E-state index contributed by atoms with van der Waals surface area (Å²) in [6.07, 6.45) is 3.82. The van der Waals surface area contributed by atoms with Crippen LogP contribution in [0.3, 0.4) is 0 Å². The highest BCUT2D eigenvalue weighted by molar-refractivity contribution is 5.67. The third-order valence-electron chi connectivity index (χ3n) is 4.58. The quantitative estimate of drug-likeness (QED) is 0.285. The lowest BCUT2D eigenvalue weighted by Crippen LogP contribution is -2.16. The minimum atomic E-state index is -0.481. The predicted molar refractivity (Wildman–Crippen MR) is 118 cm³/mol. The van der Waals surface area contributed by atoms with E-state index in [1.165, 1.54) is 12.3 Å². The number of benzene rings is 1. The average Bonchev–Trinajstić information content (AvgIpc) is 2.81. The fourth-order valence-corrected chi connectivity index (χ4v) is 2.95. The van der Waals surface area contributed by atoms with Crippen molar-refractivity contribution in [3.8, 4) is 22.8 Å². The van der Waals surface area contributed by atoms with Gasteiger partial charge in [0.25, 0.3) is 5.69 Å². The molecule has 0 saturated heterocycles. The summed E-state index contributed by atoms with van der Waals surface area (Å²) < 4.78 is 10.7. The maximum Gasteiger partial charge on any atom is 0.287 e. The molecular weight excluding hydrogens is 400 g/mol. The normalized spacial score (nSPS) is 10.4. The molecule has 2 N–H and O–H groups in total. The Labute approximate surface area is 179 Å². The summed E-state index contributed by atoms with van der Waals surface area (Å²) in [6, 6.07) is 8.66. The predicted octanol–water partition coefficient (Wildman–Crippen LogP) is 3.55. The van der Waals surface area contributed by atoms with Crippen molar-refractivity contribution in [1.82, 2.24) is 15.0 Å². The van der Waals surface area contributed by atoms with Gasteiger partial charge in [0.1, 0.15) is 12.0 Å². The molecule has 3 aromatic rings. The molecule has 0 aliphatic heterocycles. The molecule has 2 aromatic heterocycles. The molecule has 0 saturated carbocycles. The van der Waals surface area contributed by atoms with Crippen LogP contribution in [-0.2, 0) is 6.42 Å². The van der Waals surface area contributed by atoms with Crippen LogP contribution in [0.2, 0.25) is 0 Å². The van der Waals surface area contributed by atoms with Crippen LogP contribution in [0, 0.1) is 10.1 Å². The number of nitro groups is 1.